The van der Waals surface area contributed by atoms with Crippen molar-refractivity contribution in [3.8, 4) is 0 Å². The number of unbranched alkanes of at least 4 members (excludes halogenated alkanes) is 1. The maximum Gasteiger partial charge on any atom is 0.391 e. The number of halogens is 3. The van der Waals surface area contributed by atoms with Gasteiger partial charge in [0.25, 0.3) is 0 Å². The molecule has 148 valence electrons. The van der Waals surface area contributed by atoms with Crippen molar-refractivity contribution in [3.05, 3.63) is 36.2 Å². The summed E-state index contributed by atoms with van der Waals surface area (Å²) in [6.07, 6.45) is 1.57. The van der Waals surface area contributed by atoms with Crippen LogP contribution in [0.3, 0.4) is 0 Å². The summed E-state index contributed by atoms with van der Waals surface area (Å²) in [4.78, 5) is 6.32. The first-order chi connectivity index (χ1) is 12.8. The lowest BCUT2D eigenvalue weighted by molar-refractivity contribution is -0.138. The van der Waals surface area contributed by atoms with Gasteiger partial charge < -0.3 is 4.90 Å². The van der Waals surface area contributed by atoms with Crippen molar-refractivity contribution in [1.82, 2.24) is 4.98 Å². The molecule has 2 aromatic rings. The smallest absolute Gasteiger partial charge is 0.368 e. The first-order valence-electron chi connectivity index (χ1n) is 9.96. The molecule has 0 saturated carbocycles. The van der Waals surface area contributed by atoms with Crippen LogP contribution in [-0.4, -0.2) is 23.7 Å². The quantitative estimate of drug-likeness (QED) is 0.559. The maximum absolute atomic E-state index is 13.3. The molecule has 1 aliphatic rings. The second-order valence-electron chi connectivity index (χ2n) is 8.06. The van der Waals surface area contributed by atoms with E-state index in [-0.39, 0.29) is 5.41 Å². The van der Waals surface area contributed by atoms with Crippen LogP contribution in [0, 0.1) is 12.3 Å². The van der Waals surface area contributed by atoms with Crippen LogP contribution in [0.5, 0.6) is 0 Å². The Hall–Kier alpha value is -1.78. The number of pyridine rings is 1. The van der Waals surface area contributed by atoms with E-state index in [1.165, 1.54) is 0 Å². The molecule has 1 aromatic heterocycles. The van der Waals surface area contributed by atoms with E-state index in [1.807, 2.05) is 36.1 Å². The first-order valence-corrected chi connectivity index (χ1v) is 9.96. The third kappa shape index (κ3) is 4.39. The minimum atomic E-state index is -4.14. The summed E-state index contributed by atoms with van der Waals surface area (Å²) < 4.78 is 39.8. The fraction of sp³-hybridized carbons (Fsp3) is 0.591. The first kappa shape index (κ1) is 20.0. The molecule has 0 radical (unpaired) electrons. The number of hydrogen-bond acceptors (Lipinski definition) is 2. The Morgan fingerprint density at radius 3 is 2.67 bits per heavy atom. The Morgan fingerprint density at radius 1 is 1.22 bits per heavy atom. The van der Waals surface area contributed by atoms with Gasteiger partial charge in [-0.1, -0.05) is 32.8 Å². The van der Waals surface area contributed by atoms with Crippen molar-refractivity contribution < 1.29 is 13.2 Å². The topological polar surface area (TPSA) is 16.1 Å². The maximum atomic E-state index is 13.3. The molecule has 0 bridgehead atoms. The van der Waals surface area contributed by atoms with Gasteiger partial charge in [0, 0.05) is 35.6 Å². The fourth-order valence-corrected chi connectivity index (χ4v) is 4.58. The SMILES string of the molecule is CCCCC1(CC)C[C@@H](CC(F)(F)F)N(c2ccc3c(C)nccc3c2)C1. The van der Waals surface area contributed by atoms with Crippen molar-refractivity contribution in [2.24, 2.45) is 5.41 Å². The van der Waals surface area contributed by atoms with Crippen LogP contribution in [0.25, 0.3) is 10.8 Å². The zero-order chi connectivity index (χ0) is 19.7. The molecule has 2 nitrogen and oxygen atoms in total. The molecule has 1 aliphatic heterocycles. The van der Waals surface area contributed by atoms with Crippen molar-refractivity contribution in [1.29, 1.82) is 0 Å². The number of rotatable bonds is 6. The van der Waals surface area contributed by atoms with E-state index in [1.54, 1.807) is 6.20 Å². The molecule has 3 rings (SSSR count). The van der Waals surface area contributed by atoms with Gasteiger partial charge in [-0.25, -0.2) is 0 Å². The van der Waals surface area contributed by atoms with Crippen molar-refractivity contribution in [2.75, 3.05) is 11.4 Å². The second-order valence-corrected chi connectivity index (χ2v) is 8.06. The van der Waals surface area contributed by atoms with E-state index in [0.717, 1.165) is 47.8 Å². The van der Waals surface area contributed by atoms with Gasteiger partial charge in [-0.3, -0.25) is 4.98 Å². The van der Waals surface area contributed by atoms with E-state index in [4.69, 9.17) is 0 Å². The van der Waals surface area contributed by atoms with Gasteiger partial charge in [0.15, 0.2) is 0 Å². The molecule has 1 unspecified atom stereocenters. The molecule has 2 atom stereocenters. The summed E-state index contributed by atoms with van der Waals surface area (Å²) in [5, 5.41) is 2.09. The summed E-state index contributed by atoms with van der Waals surface area (Å²) in [5.41, 5.74) is 1.82. The summed E-state index contributed by atoms with van der Waals surface area (Å²) in [5.74, 6) is 0. The van der Waals surface area contributed by atoms with E-state index < -0.39 is 18.6 Å². The van der Waals surface area contributed by atoms with E-state index >= 15 is 0 Å². The van der Waals surface area contributed by atoms with Crippen molar-refractivity contribution in [3.63, 3.8) is 0 Å². The lowest BCUT2D eigenvalue weighted by Crippen LogP contribution is -2.33. The van der Waals surface area contributed by atoms with Gasteiger partial charge in [0.2, 0.25) is 0 Å². The zero-order valence-corrected chi connectivity index (χ0v) is 16.4. The highest BCUT2D eigenvalue weighted by Gasteiger charge is 2.46. The third-order valence-electron chi connectivity index (χ3n) is 6.17. The average molecular weight is 378 g/mol. The van der Waals surface area contributed by atoms with Crippen molar-refractivity contribution >= 4 is 16.5 Å². The highest BCUT2D eigenvalue weighted by atomic mass is 19.4. The summed E-state index contributed by atoms with van der Waals surface area (Å²) in [6, 6.07) is 7.44. The largest absolute Gasteiger partial charge is 0.391 e. The normalized spacial score (nSPS) is 23.3. The fourth-order valence-electron chi connectivity index (χ4n) is 4.58. The second kappa shape index (κ2) is 7.69. The molecular weight excluding hydrogens is 349 g/mol. The van der Waals surface area contributed by atoms with Gasteiger partial charge in [0.1, 0.15) is 0 Å². The van der Waals surface area contributed by atoms with Gasteiger partial charge in [-0.05, 0) is 55.2 Å². The lowest BCUT2D eigenvalue weighted by Gasteiger charge is -2.29. The molecule has 0 aliphatic carbocycles. The van der Waals surface area contributed by atoms with Crippen LogP contribution in [0.15, 0.2) is 30.5 Å². The van der Waals surface area contributed by atoms with E-state index in [9.17, 15) is 13.2 Å². The number of hydrogen-bond donors (Lipinski definition) is 0. The monoisotopic (exact) mass is 378 g/mol. The molecule has 1 fully saturated rings. The molecule has 1 saturated heterocycles. The lowest BCUT2D eigenvalue weighted by atomic mass is 9.78. The van der Waals surface area contributed by atoms with Gasteiger partial charge in [-0.15, -0.1) is 0 Å². The number of anilines is 1. The highest BCUT2D eigenvalue weighted by Crippen LogP contribution is 2.46. The molecule has 0 N–H and O–H groups in total. The van der Waals surface area contributed by atoms with Gasteiger partial charge in [0.05, 0.1) is 6.42 Å². The molecule has 0 spiro atoms. The number of nitrogens with zero attached hydrogens (tertiary/aromatic N) is 2. The van der Waals surface area contributed by atoms with Crippen LogP contribution in [0.2, 0.25) is 0 Å². The van der Waals surface area contributed by atoms with Crippen LogP contribution in [0.1, 0.15) is 58.1 Å². The van der Waals surface area contributed by atoms with Crippen LogP contribution in [0.4, 0.5) is 18.9 Å². The van der Waals surface area contributed by atoms with Crippen molar-refractivity contribution in [2.45, 2.75) is 71.5 Å². The van der Waals surface area contributed by atoms with E-state index in [0.29, 0.717) is 13.0 Å². The Kier molecular flexibility index (Phi) is 5.68. The predicted octanol–water partition coefficient (Wildman–Crippen LogP) is 6.66. The zero-order valence-electron chi connectivity index (χ0n) is 16.4. The number of benzene rings is 1. The van der Waals surface area contributed by atoms with Crippen LogP contribution in [-0.2, 0) is 0 Å². The Morgan fingerprint density at radius 2 is 2.00 bits per heavy atom. The molecule has 5 heteroatoms. The number of fused-ring (bicyclic) bond motifs is 1. The van der Waals surface area contributed by atoms with Gasteiger partial charge >= 0.3 is 6.18 Å². The molecule has 1 aromatic carbocycles. The molecule has 0 amide bonds. The summed E-state index contributed by atoms with van der Waals surface area (Å²) >= 11 is 0. The van der Waals surface area contributed by atoms with E-state index in [2.05, 4.69) is 18.8 Å². The Balaban J connectivity index is 1.96. The standard InChI is InChI=1S/C22H29F3N2/c1-4-6-10-21(5-2)13-19(14-22(23,24)25)27(15-21)18-7-8-20-16(3)26-11-9-17(20)12-18/h7-9,11-12,19H,4-6,10,13-15H2,1-3H3/t19-,21?/m0/s1. The van der Waals surface area contributed by atoms with Gasteiger partial charge in [-0.2, -0.15) is 13.2 Å². The Labute approximate surface area is 159 Å². The molecule has 2 heterocycles. The summed E-state index contributed by atoms with van der Waals surface area (Å²) in [6.45, 7) is 6.93. The number of alkyl halides is 3. The summed E-state index contributed by atoms with van der Waals surface area (Å²) in [7, 11) is 0. The van der Waals surface area contributed by atoms with Crippen LogP contribution >= 0.6 is 0 Å². The average Bonchev–Trinajstić information content (AvgIpc) is 2.97. The minimum Gasteiger partial charge on any atom is -0.368 e. The van der Waals surface area contributed by atoms with Crippen LogP contribution < -0.4 is 4.90 Å². The minimum absolute atomic E-state index is 0.0188. The number of aromatic nitrogens is 1. The molecule has 27 heavy (non-hydrogen) atoms. The Bertz CT molecular complexity index is 787. The third-order valence-corrected chi connectivity index (χ3v) is 6.17. The molecular formula is C22H29F3N2. The number of aryl methyl sites for hydroxylation is 1. The predicted molar refractivity (Wildman–Crippen MR) is 105 cm³/mol. The highest BCUT2D eigenvalue weighted by molar-refractivity contribution is 5.87.